The van der Waals surface area contributed by atoms with Gasteiger partial charge in [0.25, 0.3) is 0 Å². The number of rotatable bonds is 9. The number of aryl methyl sites for hydroxylation is 1. The number of thiophene rings is 1. The third-order valence-corrected chi connectivity index (χ3v) is 15.0. The molecule has 10 rings (SSSR count). The van der Waals surface area contributed by atoms with Crippen LogP contribution in [0, 0.1) is 6.92 Å². The van der Waals surface area contributed by atoms with E-state index in [1.165, 1.54) is 92.6 Å². The van der Waals surface area contributed by atoms with Crippen LogP contribution in [0.15, 0.2) is 245 Å². The molecule has 4 nitrogen and oxygen atoms in total. The van der Waals surface area contributed by atoms with E-state index in [4.69, 9.17) is 11.6 Å². The molecule has 386 valence electrons. The lowest BCUT2D eigenvalue weighted by Gasteiger charge is -2.31. The highest BCUT2D eigenvalue weighted by molar-refractivity contribution is 8.15. The predicted octanol–water partition coefficient (Wildman–Crippen LogP) is 21.2. The molecule has 2 aromatic heterocycles. The molecule has 0 amide bonds. The van der Waals surface area contributed by atoms with Crippen LogP contribution in [-0.2, 0) is 0 Å². The van der Waals surface area contributed by atoms with Crippen molar-refractivity contribution >= 4 is 83.4 Å². The number of aromatic nitrogens is 1. The van der Waals surface area contributed by atoms with Gasteiger partial charge in [-0.3, -0.25) is 4.99 Å². The van der Waals surface area contributed by atoms with Crippen molar-refractivity contribution in [1.29, 1.82) is 0 Å². The standard InChI is InChI=1S/C42H36N2S.C12H11ClN2S.2C5H8.2C2H6/c1-4-16-36-32(5-2)35-27-31(25-26-38(35)43(36)30-19-10-7-11-20-30)44-37-23-14-12-22-34(37)40(29-17-8-6-9-18-29)41(44)42-28(3)33-21-13-15-24-39(33)45-42;1-8(15-7-13)11-9-5-3-4-6-10(9)16-12(11)14-2;2*1-3-5-4-2;2*1-2/h4,6-25,27,38H,5,26H2,1-3H3;3-7H,1-2H3;2*3-5H,1H2,2H3;2*1-2H3/b16-4-;11-8-,14-12?,15-7?;2*5-4-;;. The Morgan fingerprint density at radius 2 is 1.36 bits per heavy atom. The topological polar surface area (TPSA) is 32.9 Å². The fourth-order valence-electron chi connectivity index (χ4n) is 9.43. The molecule has 4 heterocycles. The quantitative estimate of drug-likeness (QED) is 0.107. The van der Waals surface area contributed by atoms with E-state index in [-0.39, 0.29) is 6.04 Å². The molecular weight excluding hydrogens is 972 g/mol. The van der Waals surface area contributed by atoms with Crippen LogP contribution >= 0.6 is 34.7 Å². The second-order valence-corrected chi connectivity index (χ2v) is 19.0. The van der Waals surface area contributed by atoms with E-state index < -0.39 is 0 Å². The van der Waals surface area contributed by atoms with Crippen LogP contribution in [0.3, 0.4) is 0 Å². The summed E-state index contributed by atoms with van der Waals surface area (Å²) in [4.78, 5) is 13.5. The normalized spacial score (nSPS) is 15.7. The van der Waals surface area contributed by atoms with Gasteiger partial charge in [-0.2, -0.15) is 0 Å². The highest BCUT2D eigenvalue weighted by Crippen LogP contribution is 2.50. The molecule has 75 heavy (non-hydrogen) atoms. The van der Waals surface area contributed by atoms with E-state index in [2.05, 4.69) is 199 Å². The summed E-state index contributed by atoms with van der Waals surface area (Å²) in [6.45, 7) is 27.5. The van der Waals surface area contributed by atoms with E-state index in [1.807, 2.05) is 96.2 Å². The van der Waals surface area contributed by atoms with Crippen LogP contribution in [-0.4, -0.2) is 28.4 Å². The smallest absolute Gasteiger partial charge is 0.105 e. The van der Waals surface area contributed by atoms with Crippen molar-refractivity contribution < 1.29 is 0 Å². The first kappa shape index (κ1) is 58.9. The maximum absolute atomic E-state index is 5.52. The van der Waals surface area contributed by atoms with Crippen molar-refractivity contribution in [3.05, 3.63) is 241 Å². The molecule has 1 aliphatic carbocycles. The average molecular weight is 1050 g/mol. The Morgan fingerprint density at radius 1 is 0.760 bits per heavy atom. The highest BCUT2D eigenvalue weighted by Gasteiger charge is 2.37. The van der Waals surface area contributed by atoms with Crippen molar-refractivity contribution in [3.8, 4) is 21.7 Å². The van der Waals surface area contributed by atoms with E-state index in [0.717, 1.165) is 29.2 Å². The maximum atomic E-state index is 5.52. The summed E-state index contributed by atoms with van der Waals surface area (Å²) in [5.74, 6) is 0. The molecule has 0 radical (unpaired) electrons. The molecule has 2 aliphatic heterocycles. The number of benzene rings is 5. The summed E-state index contributed by atoms with van der Waals surface area (Å²) in [5.41, 5.74) is 17.6. The molecule has 3 aliphatic rings. The van der Waals surface area contributed by atoms with Crippen molar-refractivity contribution in [1.82, 2.24) is 4.57 Å². The van der Waals surface area contributed by atoms with Gasteiger partial charge in [0.1, 0.15) is 5.04 Å². The zero-order valence-electron chi connectivity index (χ0n) is 45.9. The lowest BCUT2D eigenvalue weighted by Crippen LogP contribution is -2.31. The van der Waals surface area contributed by atoms with Crippen molar-refractivity contribution in [2.45, 2.75) is 93.0 Å². The third kappa shape index (κ3) is 13.5. The van der Waals surface area contributed by atoms with Gasteiger partial charge >= 0.3 is 0 Å². The number of hydrogen-bond acceptors (Lipinski definition) is 5. The fourth-order valence-corrected chi connectivity index (χ4v) is 11.9. The van der Waals surface area contributed by atoms with Gasteiger partial charge in [0.15, 0.2) is 0 Å². The van der Waals surface area contributed by atoms with Crippen LogP contribution < -0.4 is 4.90 Å². The van der Waals surface area contributed by atoms with Gasteiger partial charge in [-0.15, -0.1) is 11.3 Å². The number of aliphatic imine (C=N–C) groups is 2. The molecule has 0 spiro atoms. The van der Waals surface area contributed by atoms with Crippen molar-refractivity contribution in [2.75, 3.05) is 11.9 Å². The van der Waals surface area contributed by atoms with Crippen LogP contribution in [0.1, 0.15) is 86.3 Å². The van der Waals surface area contributed by atoms with Gasteiger partial charge in [-0.25, -0.2) is 4.99 Å². The minimum absolute atomic E-state index is 0.280. The van der Waals surface area contributed by atoms with E-state index in [0.29, 0.717) is 0 Å². The third-order valence-electron chi connectivity index (χ3n) is 12.4. The summed E-state index contributed by atoms with van der Waals surface area (Å²) in [7, 11) is 1.80. The van der Waals surface area contributed by atoms with Gasteiger partial charge < -0.3 is 9.47 Å². The summed E-state index contributed by atoms with van der Waals surface area (Å²) in [6, 6.07) is 48.2. The van der Waals surface area contributed by atoms with Crippen LogP contribution in [0.4, 0.5) is 5.69 Å². The monoisotopic (exact) mass is 1050 g/mol. The molecule has 1 unspecified atom stereocenters. The first-order valence-electron chi connectivity index (χ1n) is 26.2. The predicted molar refractivity (Wildman–Crippen MR) is 340 cm³/mol. The number of nitrogens with zero attached hydrogens (tertiary/aromatic N) is 4. The largest absolute Gasteiger partial charge is 0.333 e. The lowest BCUT2D eigenvalue weighted by atomic mass is 9.92. The molecule has 0 fully saturated rings. The number of thioether (sulfide) groups is 1. The fraction of sp³-hybridized carbons (Fsp3) is 0.206. The Labute approximate surface area is 462 Å². The second kappa shape index (κ2) is 30.4. The van der Waals surface area contributed by atoms with Gasteiger partial charge in [0, 0.05) is 61.5 Å². The van der Waals surface area contributed by atoms with Gasteiger partial charge in [-0.1, -0.05) is 223 Å². The number of allylic oxidation sites excluding steroid dienone is 11. The molecule has 0 saturated carbocycles. The van der Waals surface area contributed by atoms with E-state index in [1.54, 1.807) is 31.0 Å². The van der Waals surface area contributed by atoms with Crippen LogP contribution in [0.2, 0.25) is 0 Å². The number of para-hydroxylation sites is 2. The minimum Gasteiger partial charge on any atom is -0.333 e. The molecule has 0 N–H and O–H groups in total. The zero-order valence-corrected chi connectivity index (χ0v) is 48.3. The summed E-state index contributed by atoms with van der Waals surface area (Å²) >= 11 is 9.11. The number of hydrogen-bond donors (Lipinski definition) is 0. The zero-order chi connectivity index (χ0) is 54.3. The summed E-state index contributed by atoms with van der Waals surface area (Å²) in [5, 5.41) is 3.63. The summed E-state index contributed by atoms with van der Waals surface area (Å²) in [6.07, 6.45) is 22.5. The molecule has 1 atom stereocenters. The van der Waals surface area contributed by atoms with Gasteiger partial charge in [0.2, 0.25) is 0 Å². The Bertz CT molecular complexity index is 3280. The van der Waals surface area contributed by atoms with Crippen LogP contribution in [0.25, 0.3) is 54.0 Å². The molecule has 7 aromatic rings. The second-order valence-electron chi connectivity index (χ2n) is 16.7. The number of halogens is 1. The van der Waals surface area contributed by atoms with E-state index in [9.17, 15) is 0 Å². The Hall–Kier alpha value is -6.96. The van der Waals surface area contributed by atoms with Gasteiger partial charge in [0.05, 0.1) is 27.8 Å². The molecule has 0 bridgehead atoms. The first-order valence-corrected chi connectivity index (χ1v) is 28.2. The first-order chi connectivity index (χ1) is 36.8. The number of anilines is 1. The molecule has 7 heteroatoms. The molecule has 0 saturated heterocycles. The Morgan fingerprint density at radius 3 is 1.95 bits per heavy atom. The van der Waals surface area contributed by atoms with Gasteiger partial charge in [-0.05, 0) is 118 Å². The van der Waals surface area contributed by atoms with E-state index >= 15 is 0 Å². The molecule has 5 aromatic carbocycles. The number of fused-ring (bicyclic) bond motifs is 4. The Balaban J connectivity index is 0.000000285. The molecular formula is C68H75ClN4S2. The highest BCUT2D eigenvalue weighted by atomic mass is 35.5. The SMILES string of the molecule is C/C=C\C1=C(CC)C2=CC(n3c(-c4sc5ccccc5c4C)c(-c4ccccc4)c4ccccc43)=CCC2N1c1ccccc1.C=C/C=C\C.C=C/C=C\C.CC.CC.CN=C1Sc2ccccc2/C1=C(\C)N=CCl. The lowest BCUT2D eigenvalue weighted by molar-refractivity contribution is 0.762. The van der Waals surface area contributed by atoms with Crippen molar-refractivity contribution in [3.63, 3.8) is 0 Å². The Kier molecular flexibility index (Phi) is 23.9. The maximum Gasteiger partial charge on any atom is 0.105 e. The summed E-state index contributed by atoms with van der Waals surface area (Å²) < 4.78 is 3.89. The van der Waals surface area contributed by atoms with Crippen LogP contribution in [0.5, 0.6) is 0 Å². The minimum atomic E-state index is 0.280. The average Bonchev–Trinajstić information content (AvgIpc) is 4.24. The van der Waals surface area contributed by atoms with Crippen molar-refractivity contribution in [2.24, 2.45) is 9.98 Å².